The lowest BCUT2D eigenvalue weighted by Crippen LogP contribution is -2.14. The molecule has 108 valence electrons. The van der Waals surface area contributed by atoms with E-state index in [0.717, 1.165) is 5.56 Å². The van der Waals surface area contributed by atoms with Crippen molar-refractivity contribution in [3.05, 3.63) is 46.2 Å². The monoisotopic (exact) mass is 301 g/mol. The van der Waals surface area contributed by atoms with Gasteiger partial charge in [0.15, 0.2) is 0 Å². The van der Waals surface area contributed by atoms with Gasteiger partial charge in [-0.1, -0.05) is 11.8 Å². The molecule has 0 radical (unpaired) electrons. The number of aliphatic hydroxyl groups is 1. The fraction of sp³-hybridized carbons (Fsp3) is 0.188. The number of ether oxygens (including phenoxy) is 1. The summed E-state index contributed by atoms with van der Waals surface area (Å²) in [7, 11) is 1.54. The molecule has 5 heteroatoms. The largest absolute Gasteiger partial charge is 0.495 e. The van der Waals surface area contributed by atoms with Crippen LogP contribution in [0.4, 0.5) is 5.69 Å². The van der Waals surface area contributed by atoms with Crippen molar-refractivity contribution in [3.63, 3.8) is 0 Å². The number of carbonyl (C=O) groups is 1. The van der Waals surface area contributed by atoms with E-state index >= 15 is 0 Å². The van der Waals surface area contributed by atoms with E-state index in [1.165, 1.54) is 0 Å². The highest BCUT2D eigenvalue weighted by molar-refractivity contribution is 7.08. The second-order valence-corrected chi connectivity index (χ2v) is 5.01. The number of aliphatic hydroxyl groups excluding tert-OH is 1. The Balaban J connectivity index is 2.14. The highest BCUT2D eigenvalue weighted by atomic mass is 32.1. The van der Waals surface area contributed by atoms with Crippen molar-refractivity contribution in [2.45, 2.75) is 6.42 Å². The summed E-state index contributed by atoms with van der Waals surface area (Å²) < 4.78 is 5.23. The smallest absolute Gasteiger partial charge is 0.228 e. The number of carbonyl (C=O) groups excluding carboxylic acids is 1. The summed E-state index contributed by atoms with van der Waals surface area (Å²) in [6.07, 6.45) is 0.319. The first-order valence-electron chi connectivity index (χ1n) is 6.31. The van der Waals surface area contributed by atoms with Gasteiger partial charge in [-0.05, 0) is 40.6 Å². The molecule has 0 unspecified atom stereocenters. The van der Waals surface area contributed by atoms with Crippen LogP contribution >= 0.6 is 11.3 Å². The summed E-state index contributed by atoms with van der Waals surface area (Å²) >= 11 is 1.56. The van der Waals surface area contributed by atoms with Gasteiger partial charge in [-0.25, -0.2) is 0 Å². The number of methoxy groups -OCH3 is 1. The molecule has 1 aromatic heterocycles. The third kappa shape index (κ3) is 4.35. The van der Waals surface area contributed by atoms with Gasteiger partial charge < -0.3 is 15.2 Å². The molecule has 0 saturated heterocycles. The van der Waals surface area contributed by atoms with Crippen LogP contribution in [0.3, 0.4) is 0 Å². The van der Waals surface area contributed by atoms with E-state index in [-0.39, 0.29) is 12.5 Å². The van der Waals surface area contributed by atoms with Crippen molar-refractivity contribution in [3.8, 4) is 17.6 Å². The fourth-order valence-corrected chi connectivity index (χ4v) is 2.47. The quantitative estimate of drug-likeness (QED) is 0.852. The maximum absolute atomic E-state index is 12.0. The zero-order valence-corrected chi connectivity index (χ0v) is 12.4. The molecule has 0 saturated carbocycles. The van der Waals surface area contributed by atoms with Gasteiger partial charge in [0.2, 0.25) is 5.91 Å². The molecule has 0 aliphatic carbocycles. The van der Waals surface area contributed by atoms with Crippen molar-refractivity contribution in [1.29, 1.82) is 0 Å². The average Bonchev–Trinajstić information content (AvgIpc) is 2.98. The molecule has 0 spiro atoms. The Morgan fingerprint density at radius 1 is 1.43 bits per heavy atom. The third-order valence-electron chi connectivity index (χ3n) is 2.73. The number of amides is 1. The van der Waals surface area contributed by atoms with Crippen LogP contribution in [0.5, 0.6) is 5.75 Å². The van der Waals surface area contributed by atoms with Crippen LogP contribution in [-0.2, 0) is 11.2 Å². The van der Waals surface area contributed by atoms with Crippen molar-refractivity contribution >= 4 is 22.9 Å². The molecule has 2 N–H and O–H groups in total. The van der Waals surface area contributed by atoms with Crippen LogP contribution in [0.1, 0.15) is 11.1 Å². The van der Waals surface area contributed by atoms with E-state index < -0.39 is 0 Å². The summed E-state index contributed by atoms with van der Waals surface area (Å²) in [6.45, 7) is -0.203. The molecular weight excluding hydrogens is 286 g/mol. The van der Waals surface area contributed by atoms with Gasteiger partial charge in [0.1, 0.15) is 12.4 Å². The minimum atomic E-state index is -0.203. The van der Waals surface area contributed by atoms with Crippen LogP contribution in [-0.4, -0.2) is 24.7 Å². The Labute approximate surface area is 127 Å². The number of thiophene rings is 1. The predicted octanol–water partition coefficient (Wildman–Crippen LogP) is 2.28. The number of rotatable bonds is 4. The van der Waals surface area contributed by atoms with Gasteiger partial charge in [-0.15, -0.1) is 0 Å². The molecule has 1 amide bonds. The SMILES string of the molecule is COc1ccc(C#CCO)cc1NC(=O)Cc1ccsc1. The summed E-state index contributed by atoms with van der Waals surface area (Å²) in [5, 5.41) is 15.4. The number of hydrogen-bond acceptors (Lipinski definition) is 4. The molecule has 1 aromatic carbocycles. The van der Waals surface area contributed by atoms with Gasteiger partial charge in [0.05, 0.1) is 19.2 Å². The Hall–Kier alpha value is -2.29. The van der Waals surface area contributed by atoms with Crippen LogP contribution in [0.25, 0.3) is 0 Å². The zero-order valence-electron chi connectivity index (χ0n) is 11.6. The highest BCUT2D eigenvalue weighted by Gasteiger charge is 2.09. The maximum atomic E-state index is 12.0. The maximum Gasteiger partial charge on any atom is 0.228 e. The molecule has 2 rings (SSSR count). The number of anilines is 1. The summed E-state index contributed by atoms with van der Waals surface area (Å²) in [5.41, 5.74) is 2.26. The number of hydrogen-bond donors (Lipinski definition) is 2. The molecule has 0 aliphatic heterocycles. The Morgan fingerprint density at radius 2 is 2.29 bits per heavy atom. The minimum absolute atomic E-state index is 0.112. The van der Waals surface area contributed by atoms with E-state index in [0.29, 0.717) is 23.4 Å². The minimum Gasteiger partial charge on any atom is -0.495 e. The fourth-order valence-electron chi connectivity index (χ4n) is 1.80. The molecule has 21 heavy (non-hydrogen) atoms. The molecule has 0 atom stereocenters. The zero-order chi connectivity index (χ0) is 15.1. The van der Waals surface area contributed by atoms with Gasteiger partial charge in [-0.2, -0.15) is 11.3 Å². The average molecular weight is 301 g/mol. The first kappa shape index (κ1) is 15.1. The van der Waals surface area contributed by atoms with Crippen molar-refractivity contribution in [2.24, 2.45) is 0 Å². The van der Waals surface area contributed by atoms with E-state index in [2.05, 4.69) is 17.2 Å². The molecule has 4 nitrogen and oxygen atoms in total. The van der Waals surface area contributed by atoms with Gasteiger partial charge >= 0.3 is 0 Å². The van der Waals surface area contributed by atoms with Crippen LogP contribution in [0.15, 0.2) is 35.0 Å². The first-order chi connectivity index (χ1) is 10.2. The molecule has 0 aliphatic rings. The summed E-state index contributed by atoms with van der Waals surface area (Å²) in [4.78, 5) is 12.0. The van der Waals surface area contributed by atoms with Crippen molar-refractivity contribution in [1.82, 2.24) is 0 Å². The molecule has 0 fully saturated rings. The van der Waals surface area contributed by atoms with Crippen LogP contribution in [0, 0.1) is 11.8 Å². The topological polar surface area (TPSA) is 58.6 Å². The lowest BCUT2D eigenvalue weighted by atomic mass is 10.1. The Bertz CT molecular complexity index is 669. The van der Waals surface area contributed by atoms with Gasteiger partial charge in [-0.3, -0.25) is 4.79 Å². The normalized spacial score (nSPS) is 9.62. The van der Waals surface area contributed by atoms with Crippen molar-refractivity contribution in [2.75, 3.05) is 19.0 Å². The Morgan fingerprint density at radius 3 is 2.95 bits per heavy atom. The number of benzene rings is 1. The first-order valence-corrected chi connectivity index (χ1v) is 7.26. The van der Waals surface area contributed by atoms with E-state index in [9.17, 15) is 4.79 Å². The lowest BCUT2D eigenvalue weighted by molar-refractivity contribution is -0.115. The van der Waals surface area contributed by atoms with Gasteiger partial charge in [0.25, 0.3) is 0 Å². The second kappa shape index (κ2) is 7.48. The predicted molar refractivity (Wildman–Crippen MR) is 83.6 cm³/mol. The summed E-state index contributed by atoms with van der Waals surface area (Å²) in [6, 6.07) is 7.16. The van der Waals surface area contributed by atoms with E-state index in [1.807, 2.05) is 16.8 Å². The number of nitrogens with one attached hydrogen (secondary N) is 1. The van der Waals surface area contributed by atoms with E-state index in [1.54, 1.807) is 36.6 Å². The molecule has 0 bridgehead atoms. The van der Waals surface area contributed by atoms with Crippen molar-refractivity contribution < 1.29 is 14.6 Å². The third-order valence-corrected chi connectivity index (χ3v) is 3.46. The van der Waals surface area contributed by atoms with Crippen LogP contribution < -0.4 is 10.1 Å². The second-order valence-electron chi connectivity index (χ2n) is 4.23. The van der Waals surface area contributed by atoms with Gasteiger partial charge in [0, 0.05) is 5.56 Å². The van der Waals surface area contributed by atoms with Crippen LogP contribution in [0.2, 0.25) is 0 Å². The molecule has 1 heterocycles. The summed E-state index contributed by atoms with van der Waals surface area (Å²) in [5.74, 6) is 5.83. The highest BCUT2D eigenvalue weighted by Crippen LogP contribution is 2.25. The Kier molecular flexibility index (Phi) is 5.38. The molecule has 2 aromatic rings. The standard InChI is InChI=1S/C16H15NO3S/c1-20-15-5-4-12(3-2-7-18)9-14(15)17-16(19)10-13-6-8-21-11-13/h4-6,8-9,11,18H,7,10H2,1H3,(H,17,19). The van der Waals surface area contributed by atoms with E-state index in [4.69, 9.17) is 9.84 Å². The molecular formula is C16H15NO3S. The lowest BCUT2D eigenvalue weighted by Gasteiger charge is -2.10.